The maximum absolute atomic E-state index is 12.6. The van der Waals surface area contributed by atoms with Gasteiger partial charge in [0.15, 0.2) is 5.78 Å². The molecule has 0 aromatic carbocycles. The summed E-state index contributed by atoms with van der Waals surface area (Å²) >= 11 is 3.42. The van der Waals surface area contributed by atoms with Crippen LogP contribution in [0.1, 0.15) is 33.5 Å². The van der Waals surface area contributed by atoms with Gasteiger partial charge in [0.25, 0.3) is 5.91 Å². The molecule has 0 unspecified atom stereocenters. The van der Waals surface area contributed by atoms with Gasteiger partial charge in [0.2, 0.25) is 5.88 Å². The SMILES string of the molecule is COc1nn(C)c(CN(C)C(=O)c2ncccc2C(C)=O)c1Br. The molecule has 0 atom stereocenters. The molecule has 122 valence electrons. The lowest BCUT2D eigenvalue weighted by atomic mass is 10.1. The second-order valence-electron chi connectivity index (χ2n) is 5.01. The first-order chi connectivity index (χ1) is 10.9. The van der Waals surface area contributed by atoms with E-state index in [0.717, 1.165) is 5.69 Å². The first-order valence-electron chi connectivity index (χ1n) is 6.83. The number of ether oxygens (including phenoxy) is 1. The Morgan fingerprint density at radius 2 is 2.13 bits per heavy atom. The lowest BCUT2D eigenvalue weighted by Crippen LogP contribution is -2.29. The summed E-state index contributed by atoms with van der Waals surface area (Å²) in [5, 5.41) is 4.20. The molecule has 7 nitrogen and oxygen atoms in total. The van der Waals surface area contributed by atoms with Gasteiger partial charge in [-0.1, -0.05) is 0 Å². The van der Waals surface area contributed by atoms with Gasteiger partial charge in [-0.2, -0.15) is 0 Å². The first kappa shape index (κ1) is 17.1. The zero-order valence-corrected chi connectivity index (χ0v) is 14.9. The Balaban J connectivity index is 2.28. The third kappa shape index (κ3) is 3.42. The van der Waals surface area contributed by atoms with Gasteiger partial charge in [-0.25, -0.2) is 0 Å². The van der Waals surface area contributed by atoms with Crippen molar-refractivity contribution in [2.24, 2.45) is 7.05 Å². The van der Waals surface area contributed by atoms with Gasteiger partial charge in [-0.15, -0.1) is 5.10 Å². The van der Waals surface area contributed by atoms with Crippen LogP contribution >= 0.6 is 15.9 Å². The van der Waals surface area contributed by atoms with Crippen molar-refractivity contribution in [1.82, 2.24) is 19.7 Å². The molecule has 0 fully saturated rings. The van der Waals surface area contributed by atoms with Crippen LogP contribution in [0.15, 0.2) is 22.8 Å². The summed E-state index contributed by atoms with van der Waals surface area (Å²) in [6, 6.07) is 3.23. The van der Waals surface area contributed by atoms with Crippen LogP contribution in [0.5, 0.6) is 5.88 Å². The van der Waals surface area contributed by atoms with Crippen LogP contribution in [0.4, 0.5) is 0 Å². The van der Waals surface area contributed by atoms with Gasteiger partial charge >= 0.3 is 0 Å². The number of ketones is 1. The number of hydrogen-bond acceptors (Lipinski definition) is 5. The molecule has 0 aliphatic carbocycles. The van der Waals surface area contributed by atoms with Crippen LogP contribution in [0, 0.1) is 0 Å². The van der Waals surface area contributed by atoms with Crippen molar-refractivity contribution < 1.29 is 14.3 Å². The molecule has 0 aliphatic rings. The lowest BCUT2D eigenvalue weighted by Gasteiger charge is -2.18. The fourth-order valence-corrected chi connectivity index (χ4v) is 2.77. The van der Waals surface area contributed by atoms with Gasteiger partial charge in [-0.3, -0.25) is 19.3 Å². The number of nitrogens with zero attached hydrogens (tertiary/aromatic N) is 4. The number of Topliss-reactive ketones (excluding diaryl/α,β-unsaturated/α-hetero) is 1. The van der Waals surface area contributed by atoms with Crippen molar-refractivity contribution in [1.29, 1.82) is 0 Å². The number of rotatable bonds is 5. The largest absolute Gasteiger partial charge is 0.479 e. The third-order valence-electron chi connectivity index (χ3n) is 3.39. The minimum atomic E-state index is -0.331. The summed E-state index contributed by atoms with van der Waals surface area (Å²) < 4.78 is 7.47. The lowest BCUT2D eigenvalue weighted by molar-refractivity contribution is 0.0770. The number of amides is 1. The van der Waals surface area contributed by atoms with Gasteiger partial charge in [0.1, 0.15) is 10.2 Å². The molecule has 2 rings (SSSR count). The number of methoxy groups -OCH3 is 1. The number of halogens is 1. The predicted molar refractivity (Wildman–Crippen MR) is 87.5 cm³/mol. The van der Waals surface area contributed by atoms with E-state index in [1.807, 2.05) is 0 Å². The van der Waals surface area contributed by atoms with Crippen molar-refractivity contribution in [3.63, 3.8) is 0 Å². The smallest absolute Gasteiger partial charge is 0.273 e. The van der Waals surface area contributed by atoms with E-state index in [-0.39, 0.29) is 17.4 Å². The minimum Gasteiger partial charge on any atom is -0.479 e. The van der Waals surface area contributed by atoms with Crippen LogP contribution in [-0.2, 0) is 13.6 Å². The van der Waals surface area contributed by atoms with Crippen LogP contribution in [0.25, 0.3) is 0 Å². The maximum atomic E-state index is 12.6. The summed E-state index contributed by atoms with van der Waals surface area (Å²) in [6.45, 7) is 1.70. The molecule has 0 spiro atoms. The van der Waals surface area contributed by atoms with Crippen LogP contribution in [-0.4, -0.2) is 45.5 Å². The Bertz CT molecular complexity index is 757. The second kappa shape index (κ2) is 6.91. The Hall–Kier alpha value is -2.22. The average Bonchev–Trinajstić information content (AvgIpc) is 2.81. The molecule has 0 N–H and O–H groups in total. The standard InChI is InChI=1S/C15H17BrN4O3/c1-9(21)10-6-5-7-17-13(10)15(22)19(2)8-11-12(16)14(23-4)18-20(11)3/h5-7H,8H2,1-4H3. The summed E-state index contributed by atoms with van der Waals surface area (Å²) in [5.41, 5.74) is 1.23. The number of carbonyl (C=O) groups is 2. The molecule has 23 heavy (non-hydrogen) atoms. The summed E-state index contributed by atoms with van der Waals surface area (Å²) in [7, 11) is 4.94. The van der Waals surface area contributed by atoms with E-state index in [9.17, 15) is 9.59 Å². The molecule has 0 saturated heterocycles. The van der Waals surface area contributed by atoms with Gasteiger partial charge < -0.3 is 9.64 Å². The van der Waals surface area contributed by atoms with Crippen molar-refractivity contribution in [3.8, 4) is 5.88 Å². The van der Waals surface area contributed by atoms with E-state index >= 15 is 0 Å². The number of aromatic nitrogens is 3. The van der Waals surface area contributed by atoms with Gasteiger partial charge in [-0.05, 0) is 35.0 Å². The highest BCUT2D eigenvalue weighted by molar-refractivity contribution is 9.10. The van der Waals surface area contributed by atoms with Gasteiger partial charge in [0, 0.05) is 25.9 Å². The Morgan fingerprint density at radius 1 is 1.43 bits per heavy atom. The van der Waals surface area contributed by atoms with Crippen molar-refractivity contribution in [3.05, 3.63) is 39.8 Å². The first-order valence-corrected chi connectivity index (χ1v) is 7.62. The zero-order valence-electron chi connectivity index (χ0n) is 13.3. The fourth-order valence-electron chi connectivity index (χ4n) is 2.15. The molecule has 1 amide bonds. The van der Waals surface area contributed by atoms with E-state index in [1.54, 1.807) is 30.9 Å². The Labute approximate surface area is 142 Å². The highest BCUT2D eigenvalue weighted by atomic mass is 79.9. The predicted octanol–water partition coefficient (Wildman–Crippen LogP) is 2.06. The number of hydrogen-bond donors (Lipinski definition) is 0. The van der Waals surface area contributed by atoms with Crippen LogP contribution in [0.2, 0.25) is 0 Å². The van der Waals surface area contributed by atoms with Gasteiger partial charge in [0.05, 0.1) is 19.3 Å². The average molecular weight is 381 g/mol. The van der Waals surface area contributed by atoms with Crippen molar-refractivity contribution in [2.75, 3.05) is 14.2 Å². The second-order valence-corrected chi connectivity index (χ2v) is 5.80. The third-order valence-corrected chi connectivity index (χ3v) is 4.19. The summed E-state index contributed by atoms with van der Waals surface area (Å²) in [5.74, 6) is -0.0771. The molecule has 0 radical (unpaired) electrons. The molecule has 2 heterocycles. The number of aryl methyl sites for hydroxylation is 1. The molecule has 0 bridgehead atoms. The van der Waals surface area contributed by atoms with E-state index in [4.69, 9.17) is 4.74 Å². The Morgan fingerprint density at radius 3 is 2.70 bits per heavy atom. The number of pyridine rings is 1. The molecule has 0 saturated carbocycles. The van der Waals surface area contributed by atoms with E-state index < -0.39 is 0 Å². The van der Waals surface area contributed by atoms with Crippen molar-refractivity contribution >= 4 is 27.6 Å². The van der Waals surface area contributed by atoms with E-state index in [2.05, 4.69) is 26.0 Å². The van der Waals surface area contributed by atoms with Crippen molar-refractivity contribution in [2.45, 2.75) is 13.5 Å². The quantitative estimate of drug-likeness (QED) is 0.741. The monoisotopic (exact) mass is 380 g/mol. The molecular weight excluding hydrogens is 364 g/mol. The molecular formula is C15H17BrN4O3. The maximum Gasteiger partial charge on any atom is 0.273 e. The zero-order chi connectivity index (χ0) is 17.1. The topological polar surface area (TPSA) is 77.3 Å². The minimum absolute atomic E-state index is 0.146. The highest BCUT2D eigenvalue weighted by Crippen LogP contribution is 2.28. The van der Waals surface area contributed by atoms with E-state index in [0.29, 0.717) is 22.5 Å². The van der Waals surface area contributed by atoms with Crippen LogP contribution < -0.4 is 4.74 Å². The fraction of sp³-hybridized carbons (Fsp3) is 0.333. The highest BCUT2D eigenvalue weighted by Gasteiger charge is 2.22. The molecule has 0 aliphatic heterocycles. The molecule has 8 heteroatoms. The Kier molecular flexibility index (Phi) is 5.15. The molecule has 2 aromatic rings. The summed E-state index contributed by atoms with van der Waals surface area (Å²) in [4.78, 5) is 29.8. The van der Waals surface area contributed by atoms with E-state index in [1.165, 1.54) is 25.1 Å². The van der Waals surface area contributed by atoms with Crippen LogP contribution in [0.3, 0.4) is 0 Å². The molecule has 2 aromatic heterocycles. The normalized spacial score (nSPS) is 10.5. The summed E-state index contributed by atoms with van der Waals surface area (Å²) in [6.07, 6.45) is 1.50. The number of carbonyl (C=O) groups excluding carboxylic acids is 2.